The molecule has 0 N–H and O–H groups in total. The van der Waals surface area contributed by atoms with E-state index in [4.69, 9.17) is 9.47 Å². The Morgan fingerprint density at radius 1 is 1.00 bits per heavy atom. The highest BCUT2D eigenvalue weighted by Crippen LogP contribution is 2.35. The summed E-state index contributed by atoms with van der Waals surface area (Å²) in [7, 11) is 0. The van der Waals surface area contributed by atoms with E-state index in [-0.39, 0.29) is 6.29 Å². The highest BCUT2D eigenvalue weighted by Gasteiger charge is 2.22. The summed E-state index contributed by atoms with van der Waals surface area (Å²) in [6.07, 6.45) is 1.75. The van der Waals surface area contributed by atoms with Gasteiger partial charge < -0.3 is 9.47 Å². The third-order valence-electron chi connectivity index (χ3n) is 3.15. The smallest absolute Gasteiger partial charge is 0.227 e. The van der Waals surface area contributed by atoms with Gasteiger partial charge in [0.15, 0.2) is 0 Å². The SMILES string of the molecule is CCOC1OC(c2ccccc2)=Cc2ccccc21. The van der Waals surface area contributed by atoms with E-state index in [0.29, 0.717) is 6.61 Å². The molecule has 3 rings (SSSR count). The van der Waals surface area contributed by atoms with E-state index in [1.165, 1.54) is 0 Å². The van der Waals surface area contributed by atoms with Gasteiger partial charge >= 0.3 is 0 Å². The fraction of sp³-hybridized carbons (Fsp3) is 0.176. The Morgan fingerprint density at radius 3 is 2.53 bits per heavy atom. The first-order valence-electron chi connectivity index (χ1n) is 6.53. The van der Waals surface area contributed by atoms with Crippen molar-refractivity contribution < 1.29 is 9.47 Å². The third kappa shape index (κ3) is 2.40. The molecule has 0 bridgehead atoms. The maximum absolute atomic E-state index is 5.98. The van der Waals surface area contributed by atoms with Crippen molar-refractivity contribution >= 4 is 11.8 Å². The molecule has 1 aliphatic rings. The van der Waals surface area contributed by atoms with Crippen LogP contribution in [0, 0.1) is 0 Å². The number of fused-ring (bicyclic) bond motifs is 1. The topological polar surface area (TPSA) is 18.5 Å². The molecule has 0 aliphatic carbocycles. The molecule has 0 amide bonds. The van der Waals surface area contributed by atoms with Crippen molar-refractivity contribution in [3.8, 4) is 0 Å². The number of benzene rings is 2. The first-order valence-corrected chi connectivity index (χ1v) is 6.53. The lowest BCUT2D eigenvalue weighted by molar-refractivity contribution is -0.0971. The molecule has 1 aliphatic heterocycles. The lowest BCUT2D eigenvalue weighted by Gasteiger charge is -2.26. The lowest BCUT2D eigenvalue weighted by Crippen LogP contribution is -2.13. The van der Waals surface area contributed by atoms with Crippen molar-refractivity contribution in [2.75, 3.05) is 6.61 Å². The first kappa shape index (κ1) is 12.0. The molecule has 19 heavy (non-hydrogen) atoms. The average Bonchev–Trinajstić information content (AvgIpc) is 2.48. The van der Waals surface area contributed by atoms with E-state index in [1.807, 2.05) is 55.5 Å². The average molecular weight is 252 g/mol. The normalized spacial score (nSPS) is 17.3. The summed E-state index contributed by atoms with van der Waals surface area (Å²) in [6, 6.07) is 18.3. The van der Waals surface area contributed by atoms with Crippen LogP contribution in [0.4, 0.5) is 0 Å². The third-order valence-corrected chi connectivity index (χ3v) is 3.15. The molecule has 2 heteroatoms. The van der Waals surface area contributed by atoms with Crippen molar-refractivity contribution in [1.82, 2.24) is 0 Å². The molecule has 0 spiro atoms. The molecule has 0 radical (unpaired) electrons. The summed E-state index contributed by atoms with van der Waals surface area (Å²) in [6.45, 7) is 2.60. The molecule has 2 aromatic carbocycles. The van der Waals surface area contributed by atoms with Crippen LogP contribution < -0.4 is 0 Å². The largest absolute Gasteiger partial charge is 0.460 e. The van der Waals surface area contributed by atoms with Gasteiger partial charge in [-0.15, -0.1) is 0 Å². The number of hydrogen-bond acceptors (Lipinski definition) is 2. The first-order chi connectivity index (χ1) is 9.38. The van der Waals surface area contributed by atoms with Crippen LogP contribution in [0.5, 0.6) is 0 Å². The quantitative estimate of drug-likeness (QED) is 0.813. The van der Waals surface area contributed by atoms with Crippen molar-refractivity contribution in [3.63, 3.8) is 0 Å². The van der Waals surface area contributed by atoms with Crippen LogP contribution in [0.3, 0.4) is 0 Å². The molecule has 0 saturated heterocycles. The van der Waals surface area contributed by atoms with Crippen LogP contribution in [0.15, 0.2) is 54.6 Å². The monoisotopic (exact) mass is 252 g/mol. The van der Waals surface area contributed by atoms with E-state index >= 15 is 0 Å². The second-order valence-electron chi connectivity index (χ2n) is 4.41. The molecule has 96 valence electrons. The van der Waals surface area contributed by atoms with Crippen LogP contribution in [0.2, 0.25) is 0 Å². The van der Waals surface area contributed by atoms with Gasteiger partial charge in [-0.25, -0.2) is 0 Å². The number of ether oxygens (including phenoxy) is 2. The van der Waals surface area contributed by atoms with Crippen molar-refractivity contribution in [1.29, 1.82) is 0 Å². The van der Waals surface area contributed by atoms with Crippen LogP contribution in [-0.2, 0) is 9.47 Å². The van der Waals surface area contributed by atoms with Crippen molar-refractivity contribution in [2.45, 2.75) is 13.2 Å². The molecular weight excluding hydrogens is 236 g/mol. The Labute approximate surface area is 113 Å². The Balaban J connectivity index is 2.03. The summed E-state index contributed by atoms with van der Waals surface area (Å²) in [4.78, 5) is 0. The Morgan fingerprint density at radius 2 is 1.74 bits per heavy atom. The Kier molecular flexibility index (Phi) is 3.34. The van der Waals surface area contributed by atoms with E-state index in [0.717, 1.165) is 22.4 Å². The second kappa shape index (κ2) is 5.29. The van der Waals surface area contributed by atoms with Crippen LogP contribution in [0.25, 0.3) is 11.8 Å². The second-order valence-corrected chi connectivity index (χ2v) is 4.41. The fourth-order valence-corrected chi connectivity index (χ4v) is 2.24. The molecule has 2 nitrogen and oxygen atoms in total. The summed E-state index contributed by atoms with van der Waals surface area (Å²) < 4.78 is 11.7. The zero-order chi connectivity index (χ0) is 13.1. The van der Waals surface area contributed by atoms with Crippen molar-refractivity contribution in [3.05, 3.63) is 71.3 Å². The molecule has 1 unspecified atom stereocenters. The Hall–Kier alpha value is -2.06. The van der Waals surface area contributed by atoms with E-state index in [9.17, 15) is 0 Å². The van der Waals surface area contributed by atoms with Crippen molar-refractivity contribution in [2.24, 2.45) is 0 Å². The maximum atomic E-state index is 5.98. The molecule has 2 aromatic rings. The standard InChI is InChI=1S/C17H16O2/c1-2-18-17-15-11-7-6-10-14(15)12-16(19-17)13-8-4-3-5-9-13/h3-12,17H,2H2,1H3. The van der Waals surface area contributed by atoms with Crippen LogP contribution >= 0.6 is 0 Å². The Bertz CT molecular complexity index is 587. The summed E-state index contributed by atoms with van der Waals surface area (Å²) in [5, 5.41) is 0. The molecule has 0 aromatic heterocycles. The lowest BCUT2D eigenvalue weighted by atomic mass is 10.0. The van der Waals surface area contributed by atoms with Gasteiger partial charge in [0.1, 0.15) is 5.76 Å². The van der Waals surface area contributed by atoms with Gasteiger partial charge in [0.25, 0.3) is 0 Å². The van der Waals surface area contributed by atoms with Gasteiger partial charge in [-0.2, -0.15) is 0 Å². The minimum Gasteiger partial charge on any atom is -0.460 e. The summed E-state index contributed by atoms with van der Waals surface area (Å²) >= 11 is 0. The predicted molar refractivity (Wildman–Crippen MR) is 76.2 cm³/mol. The fourth-order valence-electron chi connectivity index (χ4n) is 2.24. The van der Waals surface area contributed by atoms with Gasteiger partial charge in [0.2, 0.25) is 6.29 Å². The zero-order valence-corrected chi connectivity index (χ0v) is 10.9. The molecule has 0 saturated carbocycles. The number of hydrogen-bond donors (Lipinski definition) is 0. The minimum atomic E-state index is -0.318. The van der Waals surface area contributed by atoms with E-state index in [1.54, 1.807) is 0 Å². The molecule has 1 atom stereocenters. The highest BCUT2D eigenvalue weighted by atomic mass is 16.7. The van der Waals surface area contributed by atoms with E-state index < -0.39 is 0 Å². The van der Waals surface area contributed by atoms with Gasteiger partial charge in [0, 0.05) is 17.7 Å². The minimum absolute atomic E-state index is 0.318. The van der Waals surface area contributed by atoms with Gasteiger partial charge in [-0.05, 0) is 18.6 Å². The molecule has 0 fully saturated rings. The summed E-state index contributed by atoms with van der Waals surface area (Å²) in [5.74, 6) is 0.859. The molecule has 1 heterocycles. The van der Waals surface area contributed by atoms with Gasteiger partial charge in [-0.3, -0.25) is 0 Å². The molecular formula is C17H16O2. The maximum Gasteiger partial charge on any atom is 0.227 e. The van der Waals surface area contributed by atoms with Gasteiger partial charge in [0.05, 0.1) is 0 Å². The van der Waals surface area contributed by atoms with Crippen LogP contribution in [0.1, 0.15) is 29.9 Å². The zero-order valence-electron chi connectivity index (χ0n) is 10.9. The van der Waals surface area contributed by atoms with E-state index in [2.05, 4.69) is 12.1 Å². The summed E-state index contributed by atoms with van der Waals surface area (Å²) in [5.41, 5.74) is 3.32. The highest BCUT2D eigenvalue weighted by molar-refractivity contribution is 5.80. The predicted octanol–water partition coefficient (Wildman–Crippen LogP) is 4.25. The number of rotatable bonds is 3. The van der Waals surface area contributed by atoms with Crippen LogP contribution in [-0.4, -0.2) is 6.61 Å². The van der Waals surface area contributed by atoms with Gasteiger partial charge in [-0.1, -0.05) is 54.6 Å².